The van der Waals surface area contributed by atoms with E-state index in [-0.39, 0.29) is 5.91 Å². The van der Waals surface area contributed by atoms with E-state index < -0.39 is 0 Å². The number of carbonyl (C=O) groups excluding carboxylic acids is 1. The molecule has 1 aromatic carbocycles. The number of guanidine groups is 1. The van der Waals surface area contributed by atoms with E-state index in [0.717, 1.165) is 29.8 Å². The number of nitrogens with one attached hydrogen (secondary N) is 2. The van der Waals surface area contributed by atoms with E-state index >= 15 is 0 Å². The van der Waals surface area contributed by atoms with E-state index in [1.54, 1.807) is 0 Å². The molecule has 1 heterocycles. The average Bonchev–Trinajstić information content (AvgIpc) is 2.76. The van der Waals surface area contributed by atoms with Crippen LogP contribution in [0.1, 0.15) is 16.7 Å². The number of rotatable bonds is 2. The molecule has 1 aliphatic heterocycles. The lowest BCUT2D eigenvalue weighted by Crippen LogP contribution is -2.39. The fourth-order valence-electron chi connectivity index (χ4n) is 1.95. The second-order valence-corrected chi connectivity index (χ2v) is 4.25. The number of hydrogen-bond donors (Lipinski definition) is 2. The van der Waals surface area contributed by atoms with Gasteiger partial charge < -0.3 is 5.32 Å². The summed E-state index contributed by atoms with van der Waals surface area (Å²) >= 11 is 0. The molecule has 0 unspecified atom stereocenters. The predicted molar refractivity (Wildman–Crippen MR) is 68.1 cm³/mol. The van der Waals surface area contributed by atoms with Gasteiger partial charge in [-0.25, -0.2) is 0 Å². The van der Waals surface area contributed by atoms with Gasteiger partial charge in [0.15, 0.2) is 5.96 Å². The van der Waals surface area contributed by atoms with Crippen LogP contribution >= 0.6 is 0 Å². The summed E-state index contributed by atoms with van der Waals surface area (Å²) in [7, 11) is 0. The van der Waals surface area contributed by atoms with Crippen LogP contribution in [0.15, 0.2) is 23.2 Å². The third-order valence-electron chi connectivity index (χ3n) is 2.91. The first-order valence-corrected chi connectivity index (χ1v) is 5.80. The van der Waals surface area contributed by atoms with E-state index in [4.69, 9.17) is 0 Å². The van der Waals surface area contributed by atoms with Crippen molar-refractivity contribution in [2.45, 2.75) is 20.3 Å². The van der Waals surface area contributed by atoms with Crippen LogP contribution in [0.4, 0.5) is 0 Å². The Bertz CT molecular complexity index is 445. The predicted octanol–water partition coefficient (Wildman–Crippen LogP) is 0.921. The number of hydrogen-bond acceptors (Lipinski definition) is 3. The van der Waals surface area contributed by atoms with Crippen LogP contribution in [-0.2, 0) is 11.2 Å². The zero-order chi connectivity index (χ0) is 12.3. The van der Waals surface area contributed by atoms with Gasteiger partial charge in [-0.15, -0.1) is 0 Å². The SMILES string of the molecule is Cc1cccc(C)c1CC(=O)NC1=NCCN1. The normalized spacial score (nSPS) is 14.1. The lowest BCUT2D eigenvalue weighted by atomic mass is 10.00. The highest BCUT2D eigenvalue weighted by atomic mass is 16.1. The molecule has 0 saturated carbocycles. The highest BCUT2D eigenvalue weighted by molar-refractivity contribution is 5.98. The van der Waals surface area contributed by atoms with Crippen molar-refractivity contribution in [2.75, 3.05) is 13.1 Å². The molecule has 1 amide bonds. The average molecular weight is 231 g/mol. The van der Waals surface area contributed by atoms with Gasteiger partial charge >= 0.3 is 0 Å². The van der Waals surface area contributed by atoms with Gasteiger partial charge in [0.2, 0.25) is 5.91 Å². The summed E-state index contributed by atoms with van der Waals surface area (Å²) < 4.78 is 0. The molecule has 17 heavy (non-hydrogen) atoms. The Morgan fingerprint density at radius 1 is 1.41 bits per heavy atom. The number of benzene rings is 1. The Kier molecular flexibility index (Phi) is 3.42. The topological polar surface area (TPSA) is 53.5 Å². The van der Waals surface area contributed by atoms with Crippen molar-refractivity contribution < 1.29 is 4.79 Å². The van der Waals surface area contributed by atoms with Crippen molar-refractivity contribution >= 4 is 11.9 Å². The lowest BCUT2D eigenvalue weighted by Gasteiger charge is -2.10. The summed E-state index contributed by atoms with van der Waals surface area (Å²) in [4.78, 5) is 16.0. The summed E-state index contributed by atoms with van der Waals surface area (Å²) in [5.41, 5.74) is 3.41. The Balaban J connectivity index is 2.02. The van der Waals surface area contributed by atoms with E-state index in [9.17, 15) is 4.79 Å². The molecule has 0 spiro atoms. The zero-order valence-corrected chi connectivity index (χ0v) is 10.2. The van der Waals surface area contributed by atoms with Crippen molar-refractivity contribution in [1.29, 1.82) is 0 Å². The Morgan fingerprint density at radius 3 is 2.71 bits per heavy atom. The first kappa shape index (κ1) is 11.6. The van der Waals surface area contributed by atoms with Gasteiger partial charge in [0.05, 0.1) is 13.0 Å². The molecule has 90 valence electrons. The van der Waals surface area contributed by atoms with Crippen molar-refractivity contribution in [3.8, 4) is 0 Å². The van der Waals surface area contributed by atoms with E-state index in [2.05, 4.69) is 15.6 Å². The minimum atomic E-state index is -0.0180. The first-order valence-electron chi connectivity index (χ1n) is 5.80. The van der Waals surface area contributed by atoms with E-state index in [1.807, 2.05) is 32.0 Å². The monoisotopic (exact) mass is 231 g/mol. The quantitative estimate of drug-likeness (QED) is 0.795. The van der Waals surface area contributed by atoms with Crippen LogP contribution in [-0.4, -0.2) is 25.0 Å². The molecule has 1 aromatic rings. The van der Waals surface area contributed by atoms with Gasteiger partial charge in [-0.1, -0.05) is 18.2 Å². The molecule has 0 radical (unpaired) electrons. The number of aryl methyl sites for hydroxylation is 2. The molecular formula is C13H17N3O. The minimum Gasteiger partial charge on any atom is -0.354 e. The molecular weight excluding hydrogens is 214 g/mol. The maximum absolute atomic E-state index is 11.8. The Hall–Kier alpha value is -1.84. The van der Waals surface area contributed by atoms with Crippen LogP contribution in [0.5, 0.6) is 0 Å². The van der Waals surface area contributed by atoms with Gasteiger partial charge in [0, 0.05) is 6.54 Å². The maximum Gasteiger partial charge on any atom is 0.231 e. The lowest BCUT2D eigenvalue weighted by molar-refractivity contribution is -0.119. The van der Waals surface area contributed by atoms with Gasteiger partial charge in [-0.05, 0) is 30.5 Å². The molecule has 4 nitrogen and oxygen atoms in total. The molecule has 0 aromatic heterocycles. The van der Waals surface area contributed by atoms with Crippen LogP contribution in [0, 0.1) is 13.8 Å². The van der Waals surface area contributed by atoms with Crippen molar-refractivity contribution in [3.05, 3.63) is 34.9 Å². The molecule has 2 rings (SSSR count). The first-order chi connectivity index (χ1) is 8.16. The highest BCUT2D eigenvalue weighted by Crippen LogP contribution is 2.13. The standard InChI is InChI=1S/C13H17N3O/c1-9-4-3-5-10(2)11(9)8-12(17)16-13-14-6-7-15-13/h3-5H,6-8H2,1-2H3,(H2,14,15,16,17). The fraction of sp³-hybridized carbons (Fsp3) is 0.385. The fourth-order valence-corrected chi connectivity index (χ4v) is 1.95. The van der Waals surface area contributed by atoms with Gasteiger partial charge in [-0.2, -0.15) is 0 Å². The third-order valence-corrected chi connectivity index (χ3v) is 2.91. The largest absolute Gasteiger partial charge is 0.354 e. The summed E-state index contributed by atoms with van der Waals surface area (Å²) in [6.07, 6.45) is 0.402. The molecule has 0 bridgehead atoms. The molecule has 0 fully saturated rings. The Morgan fingerprint density at radius 2 is 2.12 bits per heavy atom. The maximum atomic E-state index is 11.8. The number of aliphatic imine (C=N–C) groups is 1. The summed E-state index contributed by atoms with van der Waals surface area (Å²) in [5, 5.41) is 5.80. The van der Waals surface area contributed by atoms with Crippen molar-refractivity contribution in [1.82, 2.24) is 10.6 Å². The molecule has 0 aliphatic carbocycles. The van der Waals surface area contributed by atoms with E-state index in [0.29, 0.717) is 12.4 Å². The van der Waals surface area contributed by atoms with Gasteiger partial charge in [-0.3, -0.25) is 15.1 Å². The van der Waals surface area contributed by atoms with Crippen molar-refractivity contribution in [3.63, 3.8) is 0 Å². The summed E-state index contributed by atoms with van der Waals surface area (Å²) in [5.74, 6) is 0.580. The van der Waals surface area contributed by atoms with Crippen LogP contribution in [0.2, 0.25) is 0 Å². The minimum absolute atomic E-state index is 0.0180. The summed E-state index contributed by atoms with van der Waals surface area (Å²) in [6.45, 7) is 5.60. The highest BCUT2D eigenvalue weighted by Gasteiger charge is 2.12. The van der Waals surface area contributed by atoms with Gasteiger partial charge in [0.25, 0.3) is 0 Å². The van der Waals surface area contributed by atoms with Crippen LogP contribution in [0.3, 0.4) is 0 Å². The number of amides is 1. The molecule has 4 heteroatoms. The zero-order valence-electron chi connectivity index (χ0n) is 10.2. The number of carbonyl (C=O) groups is 1. The second kappa shape index (κ2) is 4.99. The second-order valence-electron chi connectivity index (χ2n) is 4.25. The van der Waals surface area contributed by atoms with Crippen molar-refractivity contribution in [2.24, 2.45) is 4.99 Å². The third kappa shape index (κ3) is 2.84. The van der Waals surface area contributed by atoms with Crippen LogP contribution < -0.4 is 10.6 Å². The van der Waals surface area contributed by atoms with E-state index in [1.165, 1.54) is 0 Å². The van der Waals surface area contributed by atoms with Gasteiger partial charge in [0.1, 0.15) is 0 Å². The smallest absolute Gasteiger partial charge is 0.231 e. The Labute approximate surface area is 101 Å². The summed E-state index contributed by atoms with van der Waals surface area (Å²) in [6, 6.07) is 6.07. The van der Waals surface area contributed by atoms with Crippen LogP contribution in [0.25, 0.3) is 0 Å². The molecule has 0 saturated heterocycles. The molecule has 2 N–H and O–H groups in total. The molecule has 1 aliphatic rings. The molecule has 0 atom stereocenters. The number of nitrogens with zero attached hydrogens (tertiary/aromatic N) is 1.